The van der Waals surface area contributed by atoms with E-state index in [-0.39, 0.29) is 5.88 Å². The molecule has 0 amide bonds. The average Bonchev–Trinajstić information content (AvgIpc) is 2.76. The lowest BCUT2D eigenvalue weighted by Crippen LogP contribution is -1.88. The summed E-state index contributed by atoms with van der Waals surface area (Å²) in [6.07, 6.45) is 1.53. The molecule has 0 spiro atoms. The lowest BCUT2D eigenvalue weighted by molar-refractivity contribution is 0.436. The molecule has 0 aliphatic rings. The van der Waals surface area contributed by atoms with E-state index in [0.29, 0.717) is 15.7 Å². The normalized spacial score (nSPS) is 11.0. The second-order valence-electron chi connectivity index (χ2n) is 3.73. The van der Waals surface area contributed by atoms with Gasteiger partial charge in [0.05, 0.1) is 22.3 Å². The summed E-state index contributed by atoms with van der Waals surface area (Å²) in [6, 6.07) is 7.16. The molecule has 0 aliphatic heterocycles. The fraction of sp³-hybridized carbons (Fsp3) is 0. The highest BCUT2D eigenvalue weighted by molar-refractivity contribution is 6.38. The van der Waals surface area contributed by atoms with Gasteiger partial charge >= 0.3 is 0 Å². The maximum Gasteiger partial charge on any atom is 0.230 e. The minimum Gasteiger partial charge on any atom is -0.367 e. The van der Waals surface area contributed by atoms with Crippen molar-refractivity contribution in [2.75, 3.05) is 5.73 Å². The molecule has 0 unspecified atom stereocenters. The highest BCUT2D eigenvalue weighted by Crippen LogP contribution is 2.36. The van der Waals surface area contributed by atoms with Crippen LogP contribution in [0.15, 0.2) is 35.0 Å². The maximum absolute atomic E-state index is 6.35. The minimum absolute atomic E-state index is 0.234. The number of nitrogens with zero attached hydrogens (tertiary/aromatic N) is 2. The van der Waals surface area contributed by atoms with Crippen LogP contribution in [0.5, 0.6) is 0 Å². The highest BCUT2D eigenvalue weighted by Gasteiger charge is 2.13. The molecule has 6 heteroatoms. The van der Waals surface area contributed by atoms with E-state index in [1.165, 1.54) is 6.20 Å². The molecule has 90 valence electrons. The zero-order valence-electron chi connectivity index (χ0n) is 9.02. The topological polar surface area (TPSA) is 64.9 Å². The zero-order valence-corrected chi connectivity index (χ0v) is 10.5. The molecular weight excluding hydrogens is 273 g/mol. The molecule has 18 heavy (non-hydrogen) atoms. The Bertz CT molecular complexity index is 739. The smallest absolute Gasteiger partial charge is 0.230 e. The summed E-state index contributed by atoms with van der Waals surface area (Å²) in [4.78, 5) is 4.19. The first-order valence-electron chi connectivity index (χ1n) is 5.12. The lowest BCUT2D eigenvalue weighted by Gasteiger charge is -2.06. The van der Waals surface area contributed by atoms with Gasteiger partial charge < -0.3 is 10.3 Å². The first-order chi connectivity index (χ1) is 8.66. The molecule has 0 radical (unpaired) electrons. The molecule has 0 bridgehead atoms. The predicted octanol–water partition coefficient (Wildman–Crippen LogP) is 3.78. The molecule has 2 aromatic heterocycles. The Morgan fingerprint density at radius 2 is 1.89 bits per heavy atom. The molecule has 0 atom stereocenters. The maximum atomic E-state index is 6.35. The Kier molecular flexibility index (Phi) is 2.61. The van der Waals surface area contributed by atoms with Crippen LogP contribution in [-0.2, 0) is 0 Å². The third-order valence-electron chi connectivity index (χ3n) is 2.66. The number of fused-ring (bicyclic) bond motifs is 1. The number of hydrogen-bond donors (Lipinski definition) is 1. The third kappa shape index (κ3) is 1.70. The molecule has 2 N–H and O–H groups in total. The standard InChI is InChI=1S/C12H7Cl2N3O/c13-10-4-2-7-9(17-10)3-1-6(11(7)14)8-5-16-18-12(8)15/h1-5H,15H2. The first-order valence-corrected chi connectivity index (χ1v) is 5.87. The van der Waals surface area contributed by atoms with E-state index >= 15 is 0 Å². The fourth-order valence-electron chi connectivity index (χ4n) is 1.80. The molecule has 0 fully saturated rings. The molecule has 3 rings (SSSR count). The van der Waals surface area contributed by atoms with Crippen LogP contribution in [0.2, 0.25) is 10.2 Å². The Balaban J connectivity index is 2.30. The van der Waals surface area contributed by atoms with Gasteiger partial charge in [0.2, 0.25) is 5.88 Å². The van der Waals surface area contributed by atoms with Crippen molar-refractivity contribution in [1.82, 2.24) is 10.1 Å². The van der Waals surface area contributed by atoms with Crippen molar-refractivity contribution in [2.45, 2.75) is 0 Å². The zero-order chi connectivity index (χ0) is 12.7. The quantitative estimate of drug-likeness (QED) is 0.689. The van der Waals surface area contributed by atoms with Crippen molar-refractivity contribution in [1.29, 1.82) is 0 Å². The summed E-state index contributed by atoms with van der Waals surface area (Å²) in [5, 5.41) is 5.42. The molecule has 2 heterocycles. The first kappa shape index (κ1) is 11.3. The van der Waals surface area contributed by atoms with Crippen LogP contribution in [0.4, 0.5) is 5.88 Å². The summed E-state index contributed by atoms with van der Waals surface area (Å²) in [6.45, 7) is 0. The Hall–Kier alpha value is -1.78. The largest absolute Gasteiger partial charge is 0.367 e. The second kappa shape index (κ2) is 4.15. The minimum atomic E-state index is 0.234. The van der Waals surface area contributed by atoms with Crippen LogP contribution in [0.3, 0.4) is 0 Å². The van der Waals surface area contributed by atoms with Gasteiger partial charge in [-0.25, -0.2) is 4.98 Å². The van der Waals surface area contributed by atoms with Gasteiger partial charge in [-0.1, -0.05) is 34.4 Å². The van der Waals surface area contributed by atoms with Crippen molar-refractivity contribution >= 4 is 40.0 Å². The van der Waals surface area contributed by atoms with E-state index < -0.39 is 0 Å². The highest BCUT2D eigenvalue weighted by atomic mass is 35.5. The molecular formula is C12H7Cl2N3O. The Morgan fingerprint density at radius 3 is 2.61 bits per heavy atom. The number of nitrogens with two attached hydrogens (primary N) is 1. The number of aromatic nitrogens is 2. The van der Waals surface area contributed by atoms with Gasteiger partial charge in [-0.3, -0.25) is 0 Å². The number of benzene rings is 1. The van der Waals surface area contributed by atoms with Crippen molar-refractivity contribution in [2.24, 2.45) is 0 Å². The van der Waals surface area contributed by atoms with E-state index in [2.05, 4.69) is 10.1 Å². The summed E-state index contributed by atoms with van der Waals surface area (Å²) >= 11 is 12.2. The van der Waals surface area contributed by atoms with Crippen LogP contribution in [0, 0.1) is 0 Å². The number of rotatable bonds is 1. The van der Waals surface area contributed by atoms with E-state index in [0.717, 1.165) is 16.5 Å². The summed E-state index contributed by atoms with van der Waals surface area (Å²) < 4.78 is 4.84. The van der Waals surface area contributed by atoms with Crippen molar-refractivity contribution < 1.29 is 4.52 Å². The lowest BCUT2D eigenvalue weighted by atomic mass is 10.1. The number of nitrogen functional groups attached to an aromatic ring is 1. The van der Waals surface area contributed by atoms with Crippen molar-refractivity contribution in [3.63, 3.8) is 0 Å². The van der Waals surface area contributed by atoms with E-state index in [9.17, 15) is 0 Å². The molecule has 3 aromatic rings. The van der Waals surface area contributed by atoms with Gasteiger partial charge in [0.15, 0.2) is 0 Å². The third-order valence-corrected chi connectivity index (χ3v) is 3.28. The van der Waals surface area contributed by atoms with Gasteiger partial charge in [-0.05, 0) is 18.2 Å². The molecule has 0 aliphatic carbocycles. The Labute approximate surface area is 112 Å². The van der Waals surface area contributed by atoms with Crippen molar-refractivity contribution in [3.8, 4) is 11.1 Å². The second-order valence-corrected chi connectivity index (χ2v) is 4.50. The van der Waals surface area contributed by atoms with Crippen LogP contribution < -0.4 is 5.73 Å². The SMILES string of the molecule is Nc1oncc1-c1ccc2nc(Cl)ccc2c1Cl. The monoisotopic (exact) mass is 279 g/mol. The number of halogens is 2. The van der Waals surface area contributed by atoms with Gasteiger partial charge in [-0.15, -0.1) is 0 Å². The van der Waals surface area contributed by atoms with Crippen molar-refractivity contribution in [3.05, 3.63) is 40.6 Å². The van der Waals surface area contributed by atoms with E-state index in [1.807, 2.05) is 18.2 Å². The number of pyridine rings is 1. The number of hydrogen-bond acceptors (Lipinski definition) is 4. The van der Waals surface area contributed by atoms with E-state index in [1.54, 1.807) is 6.07 Å². The van der Waals surface area contributed by atoms with Crippen LogP contribution >= 0.6 is 23.2 Å². The molecule has 0 saturated carbocycles. The van der Waals surface area contributed by atoms with Gasteiger partial charge in [0, 0.05) is 10.9 Å². The van der Waals surface area contributed by atoms with E-state index in [4.69, 9.17) is 33.5 Å². The van der Waals surface area contributed by atoms with Gasteiger partial charge in [0.1, 0.15) is 5.15 Å². The molecule has 1 aromatic carbocycles. The summed E-state index contributed by atoms with van der Waals surface area (Å²) in [7, 11) is 0. The average molecular weight is 280 g/mol. The summed E-state index contributed by atoms with van der Waals surface area (Å²) in [5.74, 6) is 0.234. The molecule has 4 nitrogen and oxygen atoms in total. The van der Waals surface area contributed by atoms with Gasteiger partial charge in [0.25, 0.3) is 0 Å². The summed E-state index contributed by atoms with van der Waals surface area (Å²) in [5.41, 5.74) is 7.83. The Morgan fingerprint density at radius 1 is 1.06 bits per heavy atom. The van der Waals surface area contributed by atoms with Crippen LogP contribution in [-0.4, -0.2) is 10.1 Å². The van der Waals surface area contributed by atoms with Crippen LogP contribution in [0.25, 0.3) is 22.0 Å². The number of anilines is 1. The fourth-order valence-corrected chi connectivity index (χ4v) is 2.28. The predicted molar refractivity (Wildman–Crippen MR) is 71.7 cm³/mol. The van der Waals surface area contributed by atoms with Crippen LogP contribution in [0.1, 0.15) is 0 Å². The molecule has 0 saturated heterocycles. The van der Waals surface area contributed by atoms with Gasteiger partial charge in [-0.2, -0.15) is 0 Å².